The number of nitrogens with zero attached hydrogens (tertiary/aromatic N) is 3. The van der Waals surface area contributed by atoms with Crippen LogP contribution in [0.25, 0.3) is 0 Å². The van der Waals surface area contributed by atoms with Gasteiger partial charge >= 0.3 is 6.09 Å². The molecule has 2 rings (SSSR count). The minimum Gasteiger partial charge on any atom is -0.445 e. The Bertz CT molecular complexity index is 706. The third kappa shape index (κ3) is 6.46. The molecule has 0 saturated heterocycles. The van der Waals surface area contributed by atoms with E-state index in [1.54, 1.807) is 12.3 Å². The number of nitrogens with one attached hydrogen (secondary N) is 2. The van der Waals surface area contributed by atoms with Crippen molar-refractivity contribution in [3.05, 3.63) is 54.0 Å². The number of amides is 2. The number of carbonyl (C=O) groups is 2. The van der Waals surface area contributed by atoms with Crippen LogP contribution in [0.3, 0.4) is 0 Å². The van der Waals surface area contributed by atoms with Gasteiger partial charge < -0.3 is 20.3 Å². The van der Waals surface area contributed by atoms with Gasteiger partial charge in [-0.15, -0.1) is 0 Å². The highest BCUT2D eigenvalue weighted by atomic mass is 16.5. The first kappa shape index (κ1) is 18.2. The molecule has 2 aromatic rings. The highest BCUT2D eigenvalue weighted by molar-refractivity contribution is 5.81. The van der Waals surface area contributed by atoms with Gasteiger partial charge in [-0.3, -0.25) is 4.79 Å². The van der Waals surface area contributed by atoms with E-state index >= 15 is 0 Å². The molecule has 25 heavy (non-hydrogen) atoms. The van der Waals surface area contributed by atoms with Crippen molar-refractivity contribution in [1.82, 2.24) is 20.6 Å². The summed E-state index contributed by atoms with van der Waals surface area (Å²) in [6, 6.07) is 11.1. The lowest BCUT2D eigenvalue weighted by Crippen LogP contribution is -2.37. The monoisotopic (exact) mass is 343 g/mol. The van der Waals surface area contributed by atoms with E-state index in [1.165, 1.54) is 0 Å². The maximum atomic E-state index is 11.8. The van der Waals surface area contributed by atoms with Crippen molar-refractivity contribution in [2.75, 3.05) is 25.5 Å². The first-order valence-corrected chi connectivity index (χ1v) is 7.75. The Balaban J connectivity index is 1.68. The third-order valence-electron chi connectivity index (χ3n) is 3.20. The molecule has 8 nitrogen and oxygen atoms in total. The minimum absolute atomic E-state index is 0.152. The fourth-order valence-corrected chi connectivity index (χ4v) is 1.89. The maximum Gasteiger partial charge on any atom is 0.407 e. The molecule has 0 atom stereocenters. The van der Waals surface area contributed by atoms with Gasteiger partial charge in [-0.25, -0.2) is 14.8 Å². The second kappa shape index (κ2) is 9.21. The number of hydrogen-bond acceptors (Lipinski definition) is 6. The van der Waals surface area contributed by atoms with E-state index in [1.807, 2.05) is 49.3 Å². The van der Waals surface area contributed by atoms with Crippen molar-refractivity contribution in [3.8, 4) is 0 Å². The standard InChI is InChI=1S/C17H21N5O3/c1-22(2)15-8-9-18-14(21-15)10-19-16(23)11-20-17(24)25-12-13-6-4-3-5-7-13/h3-9H,10-12H2,1-2H3,(H,19,23)(H,20,24). The number of alkyl carbamates (subject to hydrolysis) is 1. The molecule has 0 bridgehead atoms. The lowest BCUT2D eigenvalue weighted by atomic mass is 10.2. The predicted octanol–water partition coefficient (Wildman–Crippen LogP) is 1.09. The van der Waals surface area contributed by atoms with E-state index in [-0.39, 0.29) is 25.6 Å². The summed E-state index contributed by atoms with van der Waals surface area (Å²) in [5, 5.41) is 5.04. The molecule has 0 unspecified atom stereocenters. The molecular weight excluding hydrogens is 322 g/mol. The number of anilines is 1. The molecule has 2 amide bonds. The Labute approximate surface area is 146 Å². The van der Waals surface area contributed by atoms with Crippen LogP contribution < -0.4 is 15.5 Å². The molecule has 2 N–H and O–H groups in total. The van der Waals surface area contributed by atoms with Crippen LogP contribution in [0.5, 0.6) is 0 Å². The molecule has 0 radical (unpaired) electrons. The molecule has 0 fully saturated rings. The number of rotatable bonds is 7. The fourth-order valence-electron chi connectivity index (χ4n) is 1.89. The summed E-state index contributed by atoms with van der Waals surface area (Å²) in [4.78, 5) is 33.6. The van der Waals surface area contributed by atoms with Crippen molar-refractivity contribution >= 4 is 17.8 Å². The van der Waals surface area contributed by atoms with Crippen molar-refractivity contribution < 1.29 is 14.3 Å². The Hall–Kier alpha value is -3.16. The van der Waals surface area contributed by atoms with E-state index < -0.39 is 6.09 Å². The normalized spacial score (nSPS) is 10.0. The van der Waals surface area contributed by atoms with Crippen molar-refractivity contribution in [2.24, 2.45) is 0 Å². The SMILES string of the molecule is CN(C)c1ccnc(CNC(=O)CNC(=O)OCc2ccccc2)n1. The average molecular weight is 343 g/mol. The molecule has 1 aromatic heterocycles. The number of hydrogen-bond donors (Lipinski definition) is 2. The van der Waals surface area contributed by atoms with Gasteiger partial charge in [0.05, 0.1) is 6.54 Å². The van der Waals surface area contributed by atoms with Crippen LogP contribution in [0.2, 0.25) is 0 Å². The fraction of sp³-hybridized carbons (Fsp3) is 0.294. The Kier molecular flexibility index (Phi) is 6.70. The lowest BCUT2D eigenvalue weighted by molar-refractivity contribution is -0.120. The average Bonchev–Trinajstić information content (AvgIpc) is 2.64. The van der Waals surface area contributed by atoms with Gasteiger partial charge in [0.15, 0.2) is 0 Å². The zero-order valence-electron chi connectivity index (χ0n) is 14.2. The molecule has 0 aliphatic carbocycles. The van der Waals surface area contributed by atoms with Gasteiger partial charge in [-0.1, -0.05) is 30.3 Å². The van der Waals surface area contributed by atoms with Crippen LogP contribution in [0.15, 0.2) is 42.6 Å². The molecule has 0 aliphatic heterocycles. The van der Waals surface area contributed by atoms with Crippen LogP contribution in [-0.2, 0) is 22.7 Å². The first-order valence-electron chi connectivity index (χ1n) is 7.75. The smallest absolute Gasteiger partial charge is 0.407 e. The maximum absolute atomic E-state index is 11.8. The first-order chi connectivity index (χ1) is 12.0. The summed E-state index contributed by atoms with van der Waals surface area (Å²) in [6.45, 7) is 0.154. The summed E-state index contributed by atoms with van der Waals surface area (Å²) in [7, 11) is 3.74. The van der Waals surface area contributed by atoms with E-state index in [4.69, 9.17) is 4.74 Å². The zero-order valence-corrected chi connectivity index (χ0v) is 14.2. The number of ether oxygens (including phenoxy) is 1. The quantitative estimate of drug-likeness (QED) is 0.781. The second-order valence-electron chi connectivity index (χ2n) is 5.42. The van der Waals surface area contributed by atoms with E-state index in [9.17, 15) is 9.59 Å². The molecule has 0 spiro atoms. The van der Waals surface area contributed by atoms with Crippen LogP contribution in [0, 0.1) is 0 Å². The topological polar surface area (TPSA) is 96.5 Å². The third-order valence-corrected chi connectivity index (χ3v) is 3.20. The van der Waals surface area contributed by atoms with Crippen molar-refractivity contribution in [1.29, 1.82) is 0 Å². The minimum atomic E-state index is -0.648. The molecule has 8 heteroatoms. The van der Waals surface area contributed by atoms with E-state index in [0.717, 1.165) is 11.4 Å². The largest absolute Gasteiger partial charge is 0.445 e. The van der Waals surface area contributed by atoms with E-state index in [2.05, 4.69) is 20.6 Å². The van der Waals surface area contributed by atoms with Gasteiger partial charge in [0.2, 0.25) is 5.91 Å². The molecule has 1 heterocycles. The van der Waals surface area contributed by atoms with Gasteiger partial charge in [0.1, 0.15) is 24.8 Å². The van der Waals surface area contributed by atoms with Crippen molar-refractivity contribution in [2.45, 2.75) is 13.2 Å². The molecule has 0 aliphatic rings. The highest BCUT2D eigenvalue weighted by Crippen LogP contribution is 2.05. The van der Waals surface area contributed by atoms with Crippen LogP contribution >= 0.6 is 0 Å². The van der Waals surface area contributed by atoms with Gasteiger partial charge in [0.25, 0.3) is 0 Å². The Morgan fingerprint density at radius 3 is 2.60 bits per heavy atom. The Morgan fingerprint density at radius 2 is 1.88 bits per heavy atom. The highest BCUT2D eigenvalue weighted by Gasteiger charge is 2.08. The van der Waals surface area contributed by atoms with Gasteiger partial charge in [-0.05, 0) is 11.6 Å². The zero-order chi connectivity index (χ0) is 18.1. The second-order valence-corrected chi connectivity index (χ2v) is 5.42. The summed E-state index contributed by atoms with van der Waals surface area (Å²) in [6.07, 6.45) is 0.980. The van der Waals surface area contributed by atoms with Crippen molar-refractivity contribution in [3.63, 3.8) is 0 Å². The molecule has 0 saturated carbocycles. The van der Waals surface area contributed by atoms with Crippen LogP contribution in [0.4, 0.5) is 10.6 Å². The predicted molar refractivity (Wildman–Crippen MR) is 92.8 cm³/mol. The number of benzene rings is 1. The van der Waals surface area contributed by atoms with Gasteiger partial charge in [0, 0.05) is 20.3 Å². The van der Waals surface area contributed by atoms with E-state index in [0.29, 0.717) is 5.82 Å². The molecule has 132 valence electrons. The summed E-state index contributed by atoms with van der Waals surface area (Å²) >= 11 is 0. The summed E-state index contributed by atoms with van der Waals surface area (Å²) < 4.78 is 5.02. The number of aromatic nitrogens is 2. The number of carbonyl (C=O) groups excluding carboxylic acids is 2. The summed E-state index contributed by atoms with van der Waals surface area (Å²) in [5.74, 6) is 0.892. The van der Waals surface area contributed by atoms with Crippen LogP contribution in [0.1, 0.15) is 11.4 Å². The molecule has 1 aromatic carbocycles. The van der Waals surface area contributed by atoms with Gasteiger partial charge in [-0.2, -0.15) is 0 Å². The van der Waals surface area contributed by atoms with Crippen LogP contribution in [-0.4, -0.2) is 42.6 Å². The Morgan fingerprint density at radius 1 is 1.12 bits per heavy atom. The molecular formula is C17H21N5O3. The lowest BCUT2D eigenvalue weighted by Gasteiger charge is -2.12. The summed E-state index contributed by atoms with van der Waals surface area (Å²) in [5.41, 5.74) is 0.875.